The lowest BCUT2D eigenvalue weighted by molar-refractivity contribution is -0.123. The molecule has 1 aromatic rings. The molecule has 1 N–H and O–H groups in total. The van der Waals surface area contributed by atoms with Gasteiger partial charge in [-0.05, 0) is 31.5 Å². The van der Waals surface area contributed by atoms with Crippen molar-refractivity contribution >= 4 is 17.6 Å². The largest absolute Gasteiger partial charge is 0.490 e. The van der Waals surface area contributed by atoms with Gasteiger partial charge in [-0.25, -0.2) is 4.79 Å². The van der Waals surface area contributed by atoms with Gasteiger partial charge in [-0.15, -0.1) is 0 Å². The Morgan fingerprint density at radius 3 is 2.41 bits per heavy atom. The second-order valence-corrected chi connectivity index (χ2v) is 6.24. The molecule has 1 aromatic carbocycles. The molecule has 0 radical (unpaired) electrons. The molecule has 1 atom stereocenters. The van der Waals surface area contributed by atoms with Crippen molar-refractivity contribution in [3.63, 3.8) is 0 Å². The fraction of sp³-hybridized carbons (Fsp3) is 0.529. The fourth-order valence-electron chi connectivity index (χ4n) is 1.60. The van der Waals surface area contributed by atoms with E-state index < -0.39 is 11.4 Å². The summed E-state index contributed by atoms with van der Waals surface area (Å²) >= 11 is 0. The van der Waals surface area contributed by atoms with Gasteiger partial charge in [-0.3, -0.25) is 4.79 Å². The summed E-state index contributed by atoms with van der Waals surface area (Å²) in [5.74, 6) is -0.168. The SMILES string of the molecule is CC[C@@H](C)Oc1ccc(NC(=O)C(C)(C)C)cc1C(=O)OC. The second kappa shape index (κ2) is 7.29. The van der Waals surface area contributed by atoms with Crippen LogP contribution in [0, 0.1) is 5.41 Å². The van der Waals surface area contributed by atoms with Crippen LogP contribution < -0.4 is 10.1 Å². The van der Waals surface area contributed by atoms with Crippen LogP contribution in [-0.4, -0.2) is 25.1 Å². The van der Waals surface area contributed by atoms with Crippen molar-refractivity contribution < 1.29 is 19.1 Å². The van der Waals surface area contributed by atoms with E-state index in [1.54, 1.807) is 18.2 Å². The van der Waals surface area contributed by atoms with Crippen LogP contribution >= 0.6 is 0 Å². The minimum atomic E-state index is -0.517. The number of anilines is 1. The Morgan fingerprint density at radius 2 is 1.91 bits per heavy atom. The predicted molar refractivity (Wildman–Crippen MR) is 86.2 cm³/mol. The number of rotatable bonds is 5. The lowest BCUT2D eigenvalue weighted by atomic mass is 9.95. The first kappa shape index (κ1) is 18.0. The number of amides is 1. The lowest BCUT2D eigenvalue weighted by Gasteiger charge is -2.19. The van der Waals surface area contributed by atoms with Gasteiger partial charge in [0.2, 0.25) is 5.91 Å². The first-order valence-corrected chi connectivity index (χ1v) is 7.39. The number of ether oxygens (including phenoxy) is 2. The molecule has 0 aliphatic carbocycles. The maximum atomic E-state index is 12.0. The van der Waals surface area contributed by atoms with Crippen LogP contribution in [0.4, 0.5) is 5.69 Å². The Morgan fingerprint density at radius 1 is 1.27 bits per heavy atom. The highest BCUT2D eigenvalue weighted by molar-refractivity contribution is 5.98. The van der Waals surface area contributed by atoms with Crippen molar-refractivity contribution in [3.8, 4) is 5.75 Å². The van der Waals surface area contributed by atoms with Crippen LogP contribution in [0.25, 0.3) is 0 Å². The van der Waals surface area contributed by atoms with E-state index in [4.69, 9.17) is 9.47 Å². The number of hydrogen-bond acceptors (Lipinski definition) is 4. The van der Waals surface area contributed by atoms with Crippen LogP contribution in [0.2, 0.25) is 0 Å². The number of hydrogen-bond donors (Lipinski definition) is 1. The summed E-state index contributed by atoms with van der Waals surface area (Å²) < 4.78 is 10.5. The molecule has 0 unspecified atom stereocenters. The molecular weight excluding hydrogens is 282 g/mol. The van der Waals surface area contributed by atoms with Crippen LogP contribution in [0.3, 0.4) is 0 Å². The topological polar surface area (TPSA) is 64.6 Å². The van der Waals surface area contributed by atoms with Crippen molar-refractivity contribution in [3.05, 3.63) is 23.8 Å². The summed E-state index contributed by atoms with van der Waals surface area (Å²) in [6, 6.07) is 4.97. The van der Waals surface area contributed by atoms with Crippen LogP contribution in [0.1, 0.15) is 51.4 Å². The van der Waals surface area contributed by atoms with Gasteiger partial charge in [0.1, 0.15) is 11.3 Å². The van der Waals surface area contributed by atoms with E-state index >= 15 is 0 Å². The van der Waals surface area contributed by atoms with E-state index in [1.165, 1.54) is 7.11 Å². The Hall–Kier alpha value is -2.04. The zero-order valence-corrected chi connectivity index (χ0v) is 14.1. The second-order valence-electron chi connectivity index (χ2n) is 6.24. The van der Waals surface area contributed by atoms with Crippen molar-refractivity contribution in [2.24, 2.45) is 5.41 Å². The Labute approximate surface area is 132 Å². The minimum Gasteiger partial charge on any atom is -0.490 e. The molecule has 0 aliphatic rings. The number of methoxy groups -OCH3 is 1. The number of benzene rings is 1. The molecule has 0 heterocycles. The average molecular weight is 307 g/mol. The molecule has 0 aromatic heterocycles. The highest BCUT2D eigenvalue weighted by atomic mass is 16.5. The van der Waals surface area contributed by atoms with Gasteiger partial charge in [-0.1, -0.05) is 27.7 Å². The molecule has 0 aliphatic heterocycles. The maximum absolute atomic E-state index is 12.0. The molecule has 1 amide bonds. The molecule has 0 bridgehead atoms. The third-order valence-electron chi connectivity index (χ3n) is 3.23. The number of carbonyl (C=O) groups is 2. The van der Waals surface area contributed by atoms with Crippen LogP contribution in [0.5, 0.6) is 5.75 Å². The number of carbonyl (C=O) groups excluding carboxylic acids is 2. The van der Waals surface area contributed by atoms with Crippen LogP contribution in [0.15, 0.2) is 18.2 Å². The smallest absolute Gasteiger partial charge is 0.341 e. The molecule has 0 saturated heterocycles. The monoisotopic (exact) mass is 307 g/mol. The zero-order chi connectivity index (χ0) is 16.9. The van der Waals surface area contributed by atoms with Crippen molar-refractivity contribution in [1.82, 2.24) is 0 Å². The molecule has 22 heavy (non-hydrogen) atoms. The number of nitrogens with one attached hydrogen (secondary N) is 1. The van der Waals surface area contributed by atoms with Crippen molar-refractivity contribution in [2.75, 3.05) is 12.4 Å². The molecule has 122 valence electrons. The zero-order valence-electron chi connectivity index (χ0n) is 14.1. The van der Waals surface area contributed by atoms with Gasteiger partial charge in [0.25, 0.3) is 0 Å². The fourth-order valence-corrected chi connectivity index (χ4v) is 1.60. The number of esters is 1. The van der Waals surface area contributed by atoms with E-state index in [2.05, 4.69) is 5.32 Å². The van der Waals surface area contributed by atoms with Gasteiger partial charge in [0.05, 0.1) is 13.2 Å². The lowest BCUT2D eigenvalue weighted by Crippen LogP contribution is -2.27. The van der Waals surface area contributed by atoms with E-state index in [0.717, 1.165) is 6.42 Å². The third-order valence-corrected chi connectivity index (χ3v) is 3.23. The quantitative estimate of drug-likeness (QED) is 0.844. The Balaban J connectivity index is 3.09. The maximum Gasteiger partial charge on any atom is 0.341 e. The molecule has 5 nitrogen and oxygen atoms in total. The van der Waals surface area contributed by atoms with Gasteiger partial charge >= 0.3 is 5.97 Å². The molecule has 0 spiro atoms. The van der Waals surface area contributed by atoms with Gasteiger partial charge in [0.15, 0.2) is 0 Å². The molecule has 5 heteroatoms. The summed E-state index contributed by atoms with van der Waals surface area (Å²) in [6.07, 6.45) is 0.807. The van der Waals surface area contributed by atoms with Gasteiger partial charge < -0.3 is 14.8 Å². The first-order valence-electron chi connectivity index (χ1n) is 7.39. The van der Waals surface area contributed by atoms with Gasteiger partial charge in [-0.2, -0.15) is 0 Å². The summed E-state index contributed by atoms with van der Waals surface area (Å²) in [5.41, 5.74) is 0.323. The highest BCUT2D eigenvalue weighted by Gasteiger charge is 2.22. The van der Waals surface area contributed by atoms with E-state index in [0.29, 0.717) is 17.0 Å². The van der Waals surface area contributed by atoms with E-state index in [1.807, 2.05) is 34.6 Å². The standard InChI is InChI=1S/C17H25NO4/c1-7-11(2)22-14-9-8-12(10-13(14)15(19)21-6)18-16(20)17(3,4)5/h8-11H,7H2,1-6H3,(H,18,20)/t11-/m1/s1. The molecular formula is C17H25NO4. The van der Waals surface area contributed by atoms with E-state index in [9.17, 15) is 9.59 Å². The average Bonchev–Trinajstić information content (AvgIpc) is 2.46. The van der Waals surface area contributed by atoms with Crippen molar-refractivity contribution in [2.45, 2.75) is 47.1 Å². The summed E-state index contributed by atoms with van der Waals surface area (Å²) in [4.78, 5) is 24.0. The first-order chi connectivity index (χ1) is 10.2. The van der Waals surface area contributed by atoms with E-state index in [-0.39, 0.29) is 12.0 Å². The summed E-state index contributed by atoms with van der Waals surface area (Å²) in [6.45, 7) is 9.40. The van der Waals surface area contributed by atoms with Gasteiger partial charge in [0, 0.05) is 11.1 Å². The molecule has 0 fully saturated rings. The highest BCUT2D eigenvalue weighted by Crippen LogP contribution is 2.26. The Bertz CT molecular complexity index is 546. The third kappa shape index (κ3) is 4.76. The Kier molecular flexibility index (Phi) is 5.97. The molecule has 0 saturated carbocycles. The summed E-state index contributed by atoms with van der Waals surface area (Å²) in [7, 11) is 1.32. The summed E-state index contributed by atoms with van der Waals surface area (Å²) in [5, 5.41) is 2.79. The predicted octanol–water partition coefficient (Wildman–Crippen LogP) is 3.64. The normalized spacial score (nSPS) is 12.5. The van der Waals surface area contributed by atoms with Crippen LogP contribution in [-0.2, 0) is 9.53 Å². The molecule has 1 rings (SSSR count). The van der Waals surface area contributed by atoms with Crippen molar-refractivity contribution in [1.29, 1.82) is 0 Å². The minimum absolute atomic E-state index is 0.0153.